The highest BCUT2D eigenvalue weighted by molar-refractivity contribution is 5.75. The number of hydrogen-bond acceptors (Lipinski definition) is 3. The molecule has 0 unspecified atom stereocenters. The van der Waals surface area contributed by atoms with Crippen molar-refractivity contribution >= 4 is 5.91 Å². The molecule has 0 atom stereocenters. The van der Waals surface area contributed by atoms with Crippen LogP contribution in [0.2, 0.25) is 0 Å². The van der Waals surface area contributed by atoms with Crippen molar-refractivity contribution < 1.29 is 4.79 Å². The summed E-state index contributed by atoms with van der Waals surface area (Å²) in [5.74, 6) is -0.0213. The van der Waals surface area contributed by atoms with Crippen molar-refractivity contribution in [1.82, 2.24) is 14.8 Å². The van der Waals surface area contributed by atoms with E-state index in [2.05, 4.69) is 24.1 Å². The highest BCUT2D eigenvalue weighted by Crippen LogP contribution is 2.01. The largest absolute Gasteiger partial charge is 0.353 e. The lowest BCUT2D eigenvalue weighted by atomic mass is 10.3. The molecule has 0 saturated heterocycles. The van der Waals surface area contributed by atoms with Crippen molar-refractivity contribution in [3.05, 3.63) is 33.7 Å². The molecule has 1 aromatic rings. The minimum atomic E-state index is -0.0213. The molecule has 0 fully saturated rings. The SMILES string of the molecule is CCN(CC)CCNC(=O)Cn1c(C)cc(=O)cc1C. The zero-order chi connectivity index (χ0) is 15.1. The monoisotopic (exact) mass is 279 g/mol. The molecule has 1 heterocycles. The first-order valence-electron chi connectivity index (χ1n) is 7.15. The van der Waals surface area contributed by atoms with Gasteiger partial charge in [-0.05, 0) is 26.9 Å². The Kier molecular flexibility index (Phi) is 6.45. The van der Waals surface area contributed by atoms with E-state index in [0.717, 1.165) is 31.0 Å². The first-order valence-corrected chi connectivity index (χ1v) is 7.15. The molecule has 0 aliphatic carbocycles. The maximum atomic E-state index is 11.9. The van der Waals surface area contributed by atoms with Crippen molar-refractivity contribution in [3.63, 3.8) is 0 Å². The van der Waals surface area contributed by atoms with Crippen molar-refractivity contribution in [2.75, 3.05) is 26.2 Å². The summed E-state index contributed by atoms with van der Waals surface area (Å²) in [6.45, 7) is 11.7. The summed E-state index contributed by atoms with van der Waals surface area (Å²) in [7, 11) is 0. The van der Waals surface area contributed by atoms with Gasteiger partial charge in [-0.15, -0.1) is 0 Å². The van der Waals surface area contributed by atoms with Crippen LogP contribution in [0.4, 0.5) is 0 Å². The summed E-state index contributed by atoms with van der Waals surface area (Å²) in [4.78, 5) is 25.5. The standard InChI is InChI=1S/C15H25N3O2/c1-5-17(6-2)8-7-16-15(20)11-18-12(3)9-14(19)10-13(18)4/h9-10H,5-8,11H2,1-4H3,(H,16,20). The molecule has 0 bridgehead atoms. The van der Waals surface area contributed by atoms with Crippen LogP contribution >= 0.6 is 0 Å². The lowest BCUT2D eigenvalue weighted by Gasteiger charge is -2.18. The second-order valence-corrected chi connectivity index (χ2v) is 4.94. The number of likely N-dealkylation sites (N-methyl/N-ethyl adjacent to an activating group) is 1. The number of hydrogen-bond donors (Lipinski definition) is 1. The number of rotatable bonds is 7. The quantitative estimate of drug-likeness (QED) is 0.807. The molecule has 0 aliphatic heterocycles. The van der Waals surface area contributed by atoms with Gasteiger partial charge in [0.25, 0.3) is 0 Å². The maximum Gasteiger partial charge on any atom is 0.239 e. The van der Waals surface area contributed by atoms with Gasteiger partial charge >= 0.3 is 0 Å². The van der Waals surface area contributed by atoms with E-state index in [1.54, 1.807) is 12.1 Å². The fraction of sp³-hybridized carbons (Fsp3) is 0.600. The number of nitrogens with zero attached hydrogens (tertiary/aromatic N) is 2. The number of carbonyl (C=O) groups excluding carboxylic acids is 1. The number of pyridine rings is 1. The molecule has 1 aromatic heterocycles. The fourth-order valence-corrected chi connectivity index (χ4v) is 2.23. The Morgan fingerprint density at radius 3 is 2.25 bits per heavy atom. The Morgan fingerprint density at radius 1 is 1.20 bits per heavy atom. The third-order valence-electron chi connectivity index (χ3n) is 3.50. The van der Waals surface area contributed by atoms with E-state index in [1.807, 2.05) is 18.4 Å². The molecule has 0 radical (unpaired) electrons. The predicted octanol–water partition coefficient (Wildman–Crippen LogP) is 0.923. The van der Waals surface area contributed by atoms with Crippen molar-refractivity contribution in [2.24, 2.45) is 0 Å². The van der Waals surface area contributed by atoms with Gasteiger partial charge in [0.1, 0.15) is 6.54 Å². The Hall–Kier alpha value is -1.62. The topological polar surface area (TPSA) is 54.3 Å². The Balaban J connectivity index is 2.53. The Labute approximate surface area is 120 Å². The van der Waals surface area contributed by atoms with Crippen LogP contribution in [0.5, 0.6) is 0 Å². The molecule has 5 nitrogen and oxygen atoms in total. The van der Waals surface area contributed by atoms with E-state index in [4.69, 9.17) is 0 Å². The average molecular weight is 279 g/mol. The van der Waals surface area contributed by atoms with Crippen LogP contribution in [0.25, 0.3) is 0 Å². The molecule has 0 aliphatic rings. The van der Waals surface area contributed by atoms with Crippen molar-refractivity contribution in [1.29, 1.82) is 0 Å². The van der Waals surface area contributed by atoms with Gasteiger partial charge in [-0.2, -0.15) is 0 Å². The third kappa shape index (κ3) is 4.81. The smallest absolute Gasteiger partial charge is 0.239 e. The minimum Gasteiger partial charge on any atom is -0.353 e. The Morgan fingerprint density at radius 2 is 1.75 bits per heavy atom. The van der Waals surface area contributed by atoms with Gasteiger partial charge < -0.3 is 14.8 Å². The fourth-order valence-electron chi connectivity index (χ4n) is 2.23. The van der Waals surface area contributed by atoms with Gasteiger partial charge in [0.2, 0.25) is 5.91 Å². The van der Waals surface area contributed by atoms with Crippen molar-refractivity contribution in [2.45, 2.75) is 34.2 Å². The predicted molar refractivity (Wildman–Crippen MR) is 81.0 cm³/mol. The lowest BCUT2D eigenvalue weighted by molar-refractivity contribution is -0.121. The van der Waals surface area contributed by atoms with Gasteiger partial charge in [-0.25, -0.2) is 0 Å². The van der Waals surface area contributed by atoms with Crippen LogP contribution in [-0.2, 0) is 11.3 Å². The molecule has 1 N–H and O–H groups in total. The van der Waals surface area contributed by atoms with Gasteiger partial charge in [0, 0.05) is 36.6 Å². The van der Waals surface area contributed by atoms with Crippen LogP contribution in [0.1, 0.15) is 25.2 Å². The van der Waals surface area contributed by atoms with Crippen LogP contribution in [-0.4, -0.2) is 41.6 Å². The van der Waals surface area contributed by atoms with Gasteiger partial charge in [-0.3, -0.25) is 9.59 Å². The van der Waals surface area contributed by atoms with Crippen LogP contribution in [0, 0.1) is 13.8 Å². The summed E-state index contributed by atoms with van der Waals surface area (Å²) in [6, 6.07) is 3.10. The molecule has 0 saturated carbocycles. The number of nitrogens with one attached hydrogen (secondary N) is 1. The van der Waals surface area contributed by atoms with Gasteiger partial charge in [-0.1, -0.05) is 13.8 Å². The molecule has 112 valence electrons. The number of aromatic nitrogens is 1. The number of carbonyl (C=O) groups is 1. The average Bonchev–Trinajstić information content (AvgIpc) is 2.39. The lowest BCUT2D eigenvalue weighted by Crippen LogP contribution is -2.36. The second-order valence-electron chi connectivity index (χ2n) is 4.94. The first kappa shape index (κ1) is 16.4. The minimum absolute atomic E-state index is 0.0156. The number of aryl methyl sites for hydroxylation is 2. The highest BCUT2D eigenvalue weighted by Gasteiger charge is 2.07. The molecule has 5 heteroatoms. The van der Waals surface area contributed by atoms with E-state index in [9.17, 15) is 9.59 Å². The molecular formula is C15H25N3O2. The van der Waals surface area contributed by atoms with E-state index in [0.29, 0.717) is 6.54 Å². The zero-order valence-electron chi connectivity index (χ0n) is 12.9. The highest BCUT2D eigenvalue weighted by atomic mass is 16.2. The van der Waals surface area contributed by atoms with E-state index < -0.39 is 0 Å². The molecule has 1 rings (SSSR count). The molecular weight excluding hydrogens is 254 g/mol. The van der Waals surface area contributed by atoms with E-state index >= 15 is 0 Å². The van der Waals surface area contributed by atoms with Crippen LogP contribution < -0.4 is 10.7 Å². The third-order valence-corrected chi connectivity index (χ3v) is 3.50. The molecule has 0 spiro atoms. The van der Waals surface area contributed by atoms with Crippen LogP contribution in [0.15, 0.2) is 16.9 Å². The summed E-state index contributed by atoms with van der Waals surface area (Å²) >= 11 is 0. The van der Waals surface area contributed by atoms with E-state index in [-0.39, 0.29) is 17.9 Å². The summed E-state index contributed by atoms with van der Waals surface area (Å²) in [5, 5.41) is 2.92. The summed E-state index contributed by atoms with van der Waals surface area (Å²) in [5.41, 5.74) is 1.61. The summed E-state index contributed by atoms with van der Waals surface area (Å²) in [6.07, 6.45) is 0. The molecule has 20 heavy (non-hydrogen) atoms. The van der Waals surface area contributed by atoms with Gasteiger partial charge in [0.05, 0.1) is 0 Å². The van der Waals surface area contributed by atoms with Crippen LogP contribution in [0.3, 0.4) is 0 Å². The molecule has 1 amide bonds. The molecule has 0 aromatic carbocycles. The van der Waals surface area contributed by atoms with Gasteiger partial charge in [0.15, 0.2) is 5.43 Å². The van der Waals surface area contributed by atoms with Crippen molar-refractivity contribution in [3.8, 4) is 0 Å². The summed E-state index contributed by atoms with van der Waals surface area (Å²) < 4.78 is 1.86. The second kappa shape index (κ2) is 7.85. The normalized spacial score (nSPS) is 10.8. The van der Waals surface area contributed by atoms with E-state index in [1.165, 1.54) is 0 Å². The first-order chi connectivity index (χ1) is 9.47. The zero-order valence-corrected chi connectivity index (χ0v) is 12.9. The Bertz CT molecular complexity index is 478. The maximum absolute atomic E-state index is 11.9. The number of amides is 1.